The number of benzene rings is 2. The minimum Gasteiger partial charge on any atom is -0.504 e. The molecule has 0 bridgehead atoms. The van der Waals surface area contributed by atoms with Crippen LogP contribution in [0.5, 0.6) is 0 Å². The molecule has 1 unspecified atom stereocenters. The highest BCUT2D eigenvalue weighted by atomic mass is 16.3. The van der Waals surface area contributed by atoms with Gasteiger partial charge >= 0.3 is 0 Å². The summed E-state index contributed by atoms with van der Waals surface area (Å²) in [6, 6.07) is 20.7. The monoisotopic (exact) mass is 404 g/mol. The summed E-state index contributed by atoms with van der Waals surface area (Å²) in [4.78, 5) is 30.0. The molecule has 1 saturated heterocycles. The number of carbonyl (C=O) groups is 2. The third-order valence-electron chi connectivity index (χ3n) is 5.58. The molecule has 5 nitrogen and oxygen atoms in total. The molecule has 2 aromatic carbocycles. The highest BCUT2D eigenvalue weighted by Gasteiger charge is 2.29. The number of aliphatic hydroxyl groups is 1. The molecule has 1 aliphatic rings. The van der Waals surface area contributed by atoms with Crippen molar-refractivity contribution in [3.63, 3.8) is 0 Å². The molecule has 3 rings (SSSR count). The topological polar surface area (TPSA) is 70.0 Å². The van der Waals surface area contributed by atoms with Gasteiger partial charge in [-0.25, -0.2) is 0 Å². The lowest BCUT2D eigenvalue weighted by molar-refractivity contribution is -0.130. The summed E-state index contributed by atoms with van der Waals surface area (Å²) in [5.74, 6) is -1.39. The Balaban J connectivity index is 1.84. The van der Waals surface area contributed by atoms with Crippen molar-refractivity contribution in [2.45, 2.75) is 37.6 Å². The van der Waals surface area contributed by atoms with E-state index in [0.29, 0.717) is 6.54 Å². The Bertz CT molecular complexity index is 867. The SMILES string of the molecule is CN=CC(=O)/C(O)=C/C(=O)N1CCCCC1CC(c1ccccc1)c1ccccc1. The van der Waals surface area contributed by atoms with Gasteiger partial charge in [0, 0.05) is 31.6 Å². The van der Waals surface area contributed by atoms with Crippen molar-refractivity contribution in [3.05, 3.63) is 83.6 Å². The molecule has 0 spiro atoms. The van der Waals surface area contributed by atoms with Crippen LogP contribution in [0.4, 0.5) is 0 Å². The number of aliphatic hydroxyl groups excluding tert-OH is 1. The maximum Gasteiger partial charge on any atom is 0.250 e. The molecule has 2 aromatic rings. The number of likely N-dealkylation sites (tertiary alicyclic amines) is 1. The zero-order valence-corrected chi connectivity index (χ0v) is 17.3. The smallest absolute Gasteiger partial charge is 0.250 e. The summed E-state index contributed by atoms with van der Waals surface area (Å²) in [5, 5.41) is 9.95. The molecule has 1 atom stereocenters. The number of ketones is 1. The van der Waals surface area contributed by atoms with Gasteiger partial charge in [-0.1, -0.05) is 60.7 Å². The number of hydrogen-bond donors (Lipinski definition) is 1. The second-order valence-corrected chi connectivity index (χ2v) is 7.57. The first kappa shape index (κ1) is 21.5. The molecule has 0 radical (unpaired) electrons. The standard InChI is InChI=1S/C25H28N2O3/c1-26-18-24(29)23(28)17-25(30)27-15-9-8-14-21(27)16-22(19-10-4-2-5-11-19)20-12-6-3-7-13-20/h2-7,10-13,17-18,21-22,28H,8-9,14-16H2,1H3/b23-17-,26-18?. The molecule has 0 aliphatic carbocycles. The van der Waals surface area contributed by atoms with Crippen LogP contribution >= 0.6 is 0 Å². The summed E-state index contributed by atoms with van der Waals surface area (Å²) in [6.07, 6.45) is 5.71. The minimum absolute atomic E-state index is 0.0376. The van der Waals surface area contributed by atoms with Crippen LogP contribution < -0.4 is 0 Å². The number of hydrogen-bond acceptors (Lipinski definition) is 4. The Morgan fingerprint density at radius 1 is 1.07 bits per heavy atom. The largest absolute Gasteiger partial charge is 0.504 e. The first-order valence-electron chi connectivity index (χ1n) is 10.4. The molecule has 156 valence electrons. The number of allylic oxidation sites excluding steroid dienone is 1. The molecule has 1 fully saturated rings. The number of carbonyl (C=O) groups excluding carboxylic acids is 2. The van der Waals surface area contributed by atoms with E-state index in [9.17, 15) is 14.7 Å². The van der Waals surface area contributed by atoms with Crippen molar-refractivity contribution in [2.75, 3.05) is 13.6 Å². The van der Waals surface area contributed by atoms with Gasteiger partial charge in [0.1, 0.15) is 0 Å². The van der Waals surface area contributed by atoms with Crippen LogP contribution in [0.3, 0.4) is 0 Å². The van der Waals surface area contributed by atoms with E-state index in [1.165, 1.54) is 18.2 Å². The summed E-state index contributed by atoms with van der Waals surface area (Å²) < 4.78 is 0. The lowest BCUT2D eigenvalue weighted by atomic mass is 9.83. The van der Waals surface area contributed by atoms with Crippen LogP contribution in [-0.4, -0.2) is 47.5 Å². The van der Waals surface area contributed by atoms with E-state index in [1.54, 1.807) is 4.90 Å². The normalized spacial score (nSPS) is 17.5. The first-order chi connectivity index (χ1) is 14.6. The second-order valence-electron chi connectivity index (χ2n) is 7.57. The van der Waals surface area contributed by atoms with E-state index in [4.69, 9.17) is 0 Å². The summed E-state index contributed by atoms with van der Waals surface area (Å²) in [5.41, 5.74) is 2.43. The van der Waals surface area contributed by atoms with Gasteiger partial charge in [-0.05, 0) is 36.8 Å². The third-order valence-corrected chi connectivity index (χ3v) is 5.58. The van der Waals surface area contributed by atoms with E-state index in [-0.39, 0.29) is 17.9 Å². The van der Waals surface area contributed by atoms with Crippen molar-refractivity contribution in [3.8, 4) is 0 Å². The molecule has 30 heavy (non-hydrogen) atoms. The Hall–Kier alpha value is -3.21. The van der Waals surface area contributed by atoms with Gasteiger partial charge < -0.3 is 10.0 Å². The van der Waals surface area contributed by atoms with Crippen LogP contribution in [0.1, 0.15) is 42.7 Å². The predicted octanol–water partition coefficient (Wildman–Crippen LogP) is 4.30. The van der Waals surface area contributed by atoms with Gasteiger partial charge in [-0.3, -0.25) is 14.6 Å². The van der Waals surface area contributed by atoms with Crippen molar-refractivity contribution < 1.29 is 14.7 Å². The number of nitrogens with zero attached hydrogens (tertiary/aromatic N) is 2. The molecule has 1 aliphatic heterocycles. The number of aliphatic imine (C=N–C) groups is 1. The van der Waals surface area contributed by atoms with Crippen molar-refractivity contribution >= 4 is 17.9 Å². The first-order valence-corrected chi connectivity index (χ1v) is 10.4. The zero-order valence-electron chi connectivity index (χ0n) is 17.3. The van der Waals surface area contributed by atoms with E-state index in [0.717, 1.165) is 38.0 Å². The van der Waals surface area contributed by atoms with Crippen molar-refractivity contribution in [2.24, 2.45) is 4.99 Å². The van der Waals surface area contributed by atoms with Crippen LogP contribution in [0.2, 0.25) is 0 Å². The maximum atomic E-state index is 12.9. The van der Waals surface area contributed by atoms with Crippen LogP contribution in [0.25, 0.3) is 0 Å². The van der Waals surface area contributed by atoms with Crippen LogP contribution in [-0.2, 0) is 9.59 Å². The zero-order chi connectivity index (χ0) is 21.3. The number of amides is 1. The Kier molecular flexibility index (Phi) is 7.55. The fraction of sp³-hybridized carbons (Fsp3) is 0.320. The van der Waals surface area contributed by atoms with Gasteiger partial charge in [0.15, 0.2) is 5.76 Å². The average molecular weight is 405 g/mol. The maximum absolute atomic E-state index is 12.9. The summed E-state index contributed by atoms with van der Waals surface area (Å²) in [6.45, 7) is 0.625. The number of Topliss-reactive ketones (excluding diaryl/α,β-unsaturated/α-hetero) is 1. The lowest BCUT2D eigenvalue weighted by Crippen LogP contribution is -2.44. The predicted molar refractivity (Wildman–Crippen MR) is 119 cm³/mol. The van der Waals surface area contributed by atoms with Gasteiger partial charge in [0.25, 0.3) is 5.91 Å². The van der Waals surface area contributed by atoms with Crippen molar-refractivity contribution in [1.29, 1.82) is 0 Å². The minimum atomic E-state index is -0.661. The highest BCUT2D eigenvalue weighted by molar-refractivity contribution is 6.34. The van der Waals surface area contributed by atoms with Gasteiger partial charge in [-0.2, -0.15) is 0 Å². The molecule has 1 heterocycles. The molecular formula is C25H28N2O3. The molecular weight excluding hydrogens is 376 g/mol. The number of piperidine rings is 1. The second kappa shape index (κ2) is 10.5. The van der Waals surface area contributed by atoms with Crippen molar-refractivity contribution in [1.82, 2.24) is 4.90 Å². The Labute approximate surface area is 177 Å². The molecule has 1 N–H and O–H groups in total. The molecule has 0 aromatic heterocycles. The van der Waals surface area contributed by atoms with E-state index in [2.05, 4.69) is 29.3 Å². The van der Waals surface area contributed by atoms with Gasteiger partial charge in [-0.15, -0.1) is 0 Å². The summed E-state index contributed by atoms with van der Waals surface area (Å²) in [7, 11) is 1.45. The van der Waals surface area contributed by atoms with Crippen LogP contribution in [0.15, 0.2) is 77.5 Å². The quantitative estimate of drug-likeness (QED) is 0.425. The molecule has 0 saturated carbocycles. The third kappa shape index (κ3) is 5.44. The summed E-state index contributed by atoms with van der Waals surface area (Å²) >= 11 is 0. The van der Waals surface area contributed by atoms with Gasteiger partial charge in [0.2, 0.25) is 5.78 Å². The fourth-order valence-corrected chi connectivity index (χ4v) is 4.10. The lowest BCUT2D eigenvalue weighted by Gasteiger charge is -2.37. The van der Waals surface area contributed by atoms with E-state index in [1.807, 2.05) is 36.4 Å². The number of rotatable bonds is 7. The Morgan fingerprint density at radius 2 is 1.67 bits per heavy atom. The Morgan fingerprint density at radius 3 is 2.23 bits per heavy atom. The fourth-order valence-electron chi connectivity index (χ4n) is 4.10. The van der Waals surface area contributed by atoms with E-state index < -0.39 is 11.5 Å². The molecule has 1 amide bonds. The highest BCUT2D eigenvalue weighted by Crippen LogP contribution is 2.33. The average Bonchev–Trinajstić information content (AvgIpc) is 2.79. The van der Waals surface area contributed by atoms with E-state index >= 15 is 0 Å². The van der Waals surface area contributed by atoms with Gasteiger partial charge in [0.05, 0.1) is 6.21 Å². The molecule has 5 heteroatoms. The van der Waals surface area contributed by atoms with Crippen LogP contribution in [0, 0.1) is 0 Å².